The summed E-state index contributed by atoms with van der Waals surface area (Å²) >= 11 is 1.88. The van der Waals surface area contributed by atoms with Gasteiger partial charge in [-0.25, -0.2) is 4.58 Å². The van der Waals surface area contributed by atoms with Gasteiger partial charge in [0.1, 0.15) is 14.1 Å². The third-order valence-electron chi connectivity index (χ3n) is 4.04. The molecule has 1 aliphatic heterocycles. The molecule has 1 aliphatic rings. The topological polar surface area (TPSA) is 9.49 Å². The first-order chi connectivity index (χ1) is 11.5. The minimum atomic E-state index is 1.04. The van der Waals surface area contributed by atoms with Crippen molar-refractivity contribution < 1.29 is 4.58 Å². The predicted molar refractivity (Wildman–Crippen MR) is 104 cm³/mol. The minimum absolute atomic E-state index is 1.04. The van der Waals surface area contributed by atoms with Gasteiger partial charge in [-0.1, -0.05) is 23.9 Å². The van der Waals surface area contributed by atoms with Gasteiger partial charge in [0.05, 0.1) is 11.4 Å². The van der Waals surface area contributed by atoms with Crippen LogP contribution >= 0.6 is 11.8 Å². The number of nitrogens with zero attached hydrogens (tertiary/aromatic N) is 3. The van der Waals surface area contributed by atoms with Gasteiger partial charge in [0, 0.05) is 21.9 Å². The van der Waals surface area contributed by atoms with Crippen molar-refractivity contribution in [2.45, 2.75) is 16.2 Å². The van der Waals surface area contributed by atoms with Crippen molar-refractivity contribution >= 4 is 29.4 Å². The van der Waals surface area contributed by atoms with Gasteiger partial charge in [-0.2, -0.15) is 0 Å². The number of para-hydroxylation sites is 1. The molecular formula is C20H26N3S+. The third kappa shape index (κ3) is 3.82. The van der Waals surface area contributed by atoms with Crippen LogP contribution in [0.4, 0.5) is 11.4 Å². The molecule has 0 atom stereocenters. The molecule has 24 heavy (non-hydrogen) atoms. The van der Waals surface area contributed by atoms with Crippen LogP contribution in [-0.4, -0.2) is 57.0 Å². The Kier molecular flexibility index (Phi) is 5.27. The zero-order valence-electron chi connectivity index (χ0n) is 15.0. The average Bonchev–Trinajstić information content (AvgIpc) is 2.53. The summed E-state index contributed by atoms with van der Waals surface area (Å²) in [5, 5.41) is 0. The van der Waals surface area contributed by atoms with Crippen LogP contribution in [0.3, 0.4) is 0 Å². The van der Waals surface area contributed by atoms with Crippen LogP contribution in [0.5, 0.6) is 0 Å². The van der Waals surface area contributed by atoms with Crippen LogP contribution in [0.2, 0.25) is 0 Å². The second kappa shape index (κ2) is 7.41. The van der Waals surface area contributed by atoms with E-state index in [1.165, 1.54) is 26.7 Å². The fourth-order valence-corrected chi connectivity index (χ4v) is 4.16. The Morgan fingerprint density at radius 2 is 1.79 bits per heavy atom. The highest BCUT2D eigenvalue weighted by atomic mass is 32.2. The van der Waals surface area contributed by atoms with E-state index in [4.69, 9.17) is 0 Å². The van der Waals surface area contributed by atoms with E-state index in [-0.39, 0.29) is 0 Å². The van der Waals surface area contributed by atoms with E-state index in [1.54, 1.807) is 0 Å². The fourth-order valence-electron chi connectivity index (χ4n) is 3.01. The molecule has 0 bridgehead atoms. The Morgan fingerprint density at radius 3 is 2.54 bits per heavy atom. The molecule has 0 fully saturated rings. The van der Waals surface area contributed by atoms with Gasteiger partial charge in [-0.3, -0.25) is 0 Å². The molecule has 4 heteroatoms. The van der Waals surface area contributed by atoms with E-state index in [2.05, 4.69) is 91.2 Å². The molecule has 0 radical (unpaired) electrons. The van der Waals surface area contributed by atoms with Crippen LogP contribution in [0.1, 0.15) is 12.0 Å². The van der Waals surface area contributed by atoms with Crippen molar-refractivity contribution in [3.8, 4) is 0 Å². The number of rotatable bonds is 5. The largest absolute Gasteiger partial charge is 0.340 e. The van der Waals surface area contributed by atoms with Crippen LogP contribution in [0.25, 0.3) is 0 Å². The molecule has 2 aromatic rings. The Labute approximate surface area is 149 Å². The van der Waals surface area contributed by atoms with Crippen LogP contribution in [-0.2, 0) is 0 Å². The smallest absolute Gasteiger partial charge is 0.170 e. The van der Waals surface area contributed by atoms with Gasteiger partial charge in [-0.05, 0) is 57.4 Å². The number of anilines is 2. The lowest BCUT2D eigenvalue weighted by Crippen LogP contribution is -2.25. The predicted octanol–water partition coefficient (Wildman–Crippen LogP) is 3.93. The summed E-state index contributed by atoms with van der Waals surface area (Å²) in [4.78, 5) is 7.41. The number of hydrogen-bond acceptors (Lipinski definition) is 3. The van der Waals surface area contributed by atoms with Crippen LogP contribution in [0.15, 0.2) is 52.3 Å². The quantitative estimate of drug-likeness (QED) is 0.603. The van der Waals surface area contributed by atoms with E-state index in [1.807, 2.05) is 11.8 Å². The number of benzene rings is 2. The first-order valence-corrected chi connectivity index (χ1v) is 9.21. The lowest BCUT2D eigenvalue weighted by molar-refractivity contribution is -0.458. The molecule has 0 saturated carbocycles. The van der Waals surface area contributed by atoms with Crippen molar-refractivity contribution in [2.75, 3.05) is 46.2 Å². The summed E-state index contributed by atoms with van der Waals surface area (Å²) in [6, 6.07) is 15.5. The Morgan fingerprint density at radius 1 is 1.04 bits per heavy atom. The molecule has 0 spiro atoms. The minimum Gasteiger partial charge on any atom is -0.340 e. The van der Waals surface area contributed by atoms with E-state index in [0.717, 1.165) is 19.5 Å². The van der Waals surface area contributed by atoms with Crippen molar-refractivity contribution in [3.05, 3.63) is 48.0 Å². The van der Waals surface area contributed by atoms with Crippen molar-refractivity contribution in [3.63, 3.8) is 0 Å². The second-order valence-corrected chi connectivity index (χ2v) is 7.78. The second-order valence-electron chi connectivity index (χ2n) is 6.70. The molecule has 3 nitrogen and oxygen atoms in total. The molecule has 1 heterocycles. The van der Waals surface area contributed by atoms with Gasteiger partial charge in [0.2, 0.25) is 0 Å². The molecule has 126 valence electrons. The maximum atomic E-state index is 2.48. The maximum Gasteiger partial charge on any atom is 0.170 e. The molecule has 0 aromatic heterocycles. The van der Waals surface area contributed by atoms with Gasteiger partial charge >= 0.3 is 0 Å². The first-order valence-electron chi connectivity index (χ1n) is 8.39. The van der Waals surface area contributed by atoms with E-state index >= 15 is 0 Å². The monoisotopic (exact) mass is 340 g/mol. The molecule has 0 unspecified atom stereocenters. The molecule has 0 saturated heterocycles. The summed E-state index contributed by atoms with van der Waals surface area (Å²) in [5.74, 6) is 0. The van der Waals surface area contributed by atoms with Crippen molar-refractivity contribution in [1.82, 2.24) is 4.90 Å². The lowest BCUT2D eigenvalue weighted by Gasteiger charge is -2.33. The molecule has 3 rings (SSSR count). The fraction of sp³-hybridized carbons (Fsp3) is 0.350. The van der Waals surface area contributed by atoms with E-state index in [0.29, 0.717) is 0 Å². The zero-order chi connectivity index (χ0) is 17.1. The number of hydrogen-bond donors (Lipinski definition) is 0. The first kappa shape index (κ1) is 17.1. The lowest BCUT2D eigenvalue weighted by atomic mass is 10.1. The Balaban J connectivity index is 1.95. The Hall–Kier alpha value is -1.78. The highest BCUT2D eigenvalue weighted by Gasteiger charge is 2.23. The van der Waals surface area contributed by atoms with Crippen LogP contribution in [0, 0.1) is 0 Å². The van der Waals surface area contributed by atoms with Gasteiger partial charge in [-0.15, -0.1) is 0 Å². The summed E-state index contributed by atoms with van der Waals surface area (Å²) in [6.07, 6.45) is 3.31. The van der Waals surface area contributed by atoms with Crippen molar-refractivity contribution in [1.29, 1.82) is 0 Å². The van der Waals surface area contributed by atoms with Gasteiger partial charge in [0.25, 0.3) is 0 Å². The summed E-state index contributed by atoms with van der Waals surface area (Å²) in [5.41, 5.74) is 3.91. The zero-order valence-corrected chi connectivity index (χ0v) is 15.8. The maximum absolute atomic E-state index is 2.48. The summed E-state index contributed by atoms with van der Waals surface area (Å²) in [6.45, 7) is 2.15. The highest BCUT2D eigenvalue weighted by Crippen LogP contribution is 2.48. The Bertz CT molecular complexity index is 748. The molecule has 0 amide bonds. The average molecular weight is 341 g/mol. The highest BCUT2D eigenvalue weighted by molar-refractivity contribution is 7.99. The van der Waals surface area contributed by atoms with Crippen LogP contribution < -0.4 is 4.90 Å². The molecule has 0 N–H and O–H groups in total. The molecular weight excluding hydrogens is 314 g/mol. The standard InChI is InChI=1S/C20H26N3S/c1-21(2)12-7-13-23-17-8-5-6-9-19(17)24-20-14-16(15-22(3)4)10-11-18(20)23/h5-6,8-11,14-15H,7,12-13H2,1-4H3/q+1. The normalized spacial score (nSPS) is 12.8. The van der Waals surface area contributed by atoms with E-state index in [9.17, 15) is 0 Å². The summed E-state index contributed by atoms with van der Waals surface area (Å²) in [7, 11) is 8.40. The van der Waals surface area contributed by atoms with E-state index < -0.39 is 0 Å². The van der Waals surface area contributed by atoms with Crippen molar-refractivity contribution in [2.24, 2.45) is 0 Å². The van der Waals surface area contributed by atoms with Gasteiger partial charge in [0.15, 0.2) is 6.21 Å². The summed E-state index contributed by atoms with van der Waals surface area (Å²) < 4.78 is 2.10. The third-order valence-corrected chi connectivity index (χ3v) is 5.16. The number of fused-ring (bicyclic) bond motifs is 2. The molecule has 2 aromatic carbocycles. The SMILES string of the molecule is CN(C)CCCN1c2ccccc2Sc2cc(C=[N+](C)C)ccc21. The van der Waals surface area contributed by atoms with Gasteiger partial charge < -0.3 is 9.80 Å². The molecule has 0 aliphatic carbocycles.